The molecule has 13 nitrogen and oxygen atoms in total. The van der Waals surface area contributed by atoms with E-state index in [0.29, 0.717) is 47.3 Å². The molecule has 65 heavy (non-hydrogen) atoms. The molecule has 0 bridgehead atoms. The standard InChI is InChI=1S/C26H24N4O3.C25H24BrN3O3/c1-25(2,3)14-31-20-8-9-22-23(18(20)12-27)26(15-32-24(28)30-26)19-11-16(6-7-21(19)33-22)17-5-4-10-29-13-17;1-24(2,3)13-30-20-9-8-19-21(22(20)26)25(14-31-23(27)29-25)17-11-15(6-7-18(17)32-19)16-5-4-10-28-12-16/h4-11,13H,14-15H2,1-3H3,(H2,28,30);4-12H,13-14H2,1-3H3,(H2,27,29)/t26-;25-/m00/s1. The van der Waals surface area contributed by atoms with Crippen LogP contribution < -0.4 is 30.4 Å². The summed E-state index contributed by atoms with van der Waals surface area (Å²) in [5.41, 5.74) is 17.6. The average Bonchev–Trinajstić information content (AvgIpc) is 3.87. The third-order valence-corrected chi connectivity index (χ3v) is 12.0. The van der Waals surface area contributed by atoms with E-state index < -0.39 is 11.1 Å². The molecule has 14 heteroatoms. The number of nitrogens with two attached hydrogens (primary N) is 2. The molecule has 2 atom stereocenters. The fourth-order valence-electron chi connectivity index (χ4n) is 8.21. The molecule has 0 amide bonds. The van der Waals surface area contributed by atoms with E-state index >= 15 is 0 Å². The van der Waals surface area contributed by atoms with Gasteiger partial charge >= 0.3 is 0 Å². The Labute approximate surface area is 386 Å². The molecule has 4 aromatic carbocycles. The lowest BCUT2D eigenvalue weighted by atomic mass is 9.78. The van der Waals surface area contributed by atoms with E-state index in [0.717, 1.165) is 54.9 Å². The molecule has 10 rings (SSSR count). The number of hydrogen-bond acceptors (Lipinski definition) is 13. The lowest BCUT2D eigenvalue weighted by Gasteiger charge is -2.35. The Hall–Kier alpha value is -7.11. The van der Waals surface area contributed by atoms with E-state index in [9.17, 15) is 5.26 Å². The number of hydrogen-bond donors (Lipinski definition) is 2. The molecule has 0 radical (unpaired) electrons. The van der Waals surface area contributed by atoms with Gasteiger partial charge in [-0.1, -0.05) is 65.8 Å². The van der Waals surface area contributed by atoms with Gasteiger partial charge in [-0.25, -0.2) is 9.98 Å². The van der Waals surface area contributed by atoms with E-state index in [1.165, 1.54) is 0 Å². The minimum Gasteiger partial charge on any atom is -0.492 e. The van der Waals surface area contributed by atoms with Gasteiger partial charge in [-0.15, -0.1) is 0 Å². The van der Waals surface area contributed by atoms with Crippen molar-refractivity contribution in [1.82, 2.24) is 9.97 Å². The van der Waals surface area contributed by atoms with Gasteiger partial charge < -0.3 is 39.9 Å². The molecule has 0 aliphatic carbocycles. The second kappa shape index (κ2) is 16.5. The number of pyridine rings is 2. The van der Waals surface area contributed by atoms with Crippen LogP contribution in [0.1, 0.15) is 69.4 Å². The number of nitriles is 1. The molecular weight excluding hydrogens is 887 g/mol. The monoisotopic (exact) mass is 933 g/mol. The van der Waals surface area contributed by atoms with Gasteiger partial charge in [0.25, 0.3) is 12.0 Å². The highest BCUT2D eigenvalue weighted by Gasteiger charge is 2.51. The van der Waals surface area contributed by atoms with E-state index in [1.54, 1.807) is 24.7 Å². The summed E-state index contributed by atoms with van der Waals surface area (Å²) in [4.78, 5) is 18.0. The number of aliphatic imine (C=N–C) groups is 2. The molecule has 4 aliphatic heterocycles. The summed E-state index contributed by atoms with van der Waals surface area (Å²) < 4.78 is 36.9. The molecule has 330 valence electrons. The number of rotatable bonds is 6. The fourth-order valence-corrected chi connectivity index (χ4v) is 8.98. The molecule has 6 heterocycles. The Balaban J connectivity index is 0.000000164. The van der Waals surface area contributed by atoms with Crippen LogP contribution in [-0.4, -0.2) is 48.4 Å². The number of halogens is 1. The number of nitrogens with zero attached hydrogens (tertiary/aromatic N) is 5. The average molecular weight is 935 g/mol. The van der Waals surface area contributed by atoms with Crippen LogP contribution in [0.25, 0.3) is 22.3 Å². The number of benzene rings is 4. The Morgan fingerprint density at radius 1 is 0.631 bits per heavy atom. The molecule has 2 aromatic heterocycles. The Bertz CT molecular complexity index is 2920. The van der Waals surface area contributed by atoms with Gasteiger partial charge in [-0.2, -0.15) is 5.26 Å². The smallest absolute Gasteiger partial charge is 0.283 e. The van der Waals surface area contributed by atoms with E-state index in [2.05, 4.69) is 79.6 Å². The first kappa shape index (κ1) is 43.2. The van der Waals surface area contributed by atoms with E-state index in [-0.39, 0.29) is 36.1 Å². The zero-order chi connectivity index (χ0) is 45.7. The third-order valence-electron chi connectivity index (χ3n) is 11.2. The second-order valence-electron chi connectivity index (χ2n) is 18.7. The van der Waals surface area contributed by atoms with Crippen molar-refractivity contribution in [2.45, 2.75) is 52.6 Å². The van der Waals surface area contributed by atoms with Crippen molar-refractivity contribution in [1.29, 1.82) is 5.26 Å². The summed E-state index contributed by atoms with van der Waals surface area (Å²) in [5, 5.41) is 10.2. The number of amidine groups is 2. The molecule has 0 saturated carbocycles. The first-order valence-electron chi connectivity index (χ1n) is 21.2. The Morgan fingerprint density at radius 2 is 1.09 bits per heavy atom. The second-order valence-corrected chi connectivity index (χ2v) is 19.5. The highest BCUT2D eigenvalue weighted by Crippen LogP contribution is 2.56. The van der Waals surface area contributed by atoms with Crippen LogP contribution in [0, 0.1) is 22.2 Å². The van der Waals surface area contributed by atoms with Crippen LogP contribution in [0.2, 0.25) is 0 Å². The van der Waals surface area contributed by atoms with Gasteiger partial charge in [0.1, 0.15) is 59.3 Å². The van der Waals surface area contributed by atoms with Gasteiger partial charge in [-0.05, 0) is 98.6 Å². The van der Waals surface area contributed by atoms with E-state index in [4.69, 9.17) is 49.9 Å². The highest BCUT2D eigenvalue weighted by molar-refractivity contribution is 9.10. The summed E-state index contributed by atoms with van der Waals surface area (Å²) in [6, 6.07) is 29.7. The van der Waals surface area contributed by atoms with Crippen LogP contribution >= 0.6 is 15.9 Å². The molecule has 6 aromatic rings. The molecule has 4 N–H and O–H groups in total. The van der Waals surface area contributed by atoms with Gasteiger partial charge in [0.2, 0.25) is 0 Å². The van der Waals surface area contributed by atoms with Crippen molar-refractivity contribution in [2.75, 3.05) is 26.4 Å². The summed E-state index contributed by atoms with van der Waals surface area (Å²) in [6.45, 7) is 14.1. The quantitative estimate of drug-likeness (QED) is 0.162. The maximum absolute atomic E-state index is 10.2. The van der Waals surface area contributed by atoms with Gasteiger partial charge in [0.15, 0.2) is 11.1 Å². The van der Waals surface area contributed by atoms with Gasteiger partial charge in [-0.3, -0.25) is 9.97 Å². The summed E-state index contributed by atoms with van der Waals surface area (Å²) in [5.74, 6) is 3.82. The molecular formula is C51H48BrN7O6. The Morgan fingerprint density at radius 3 is 1.54 bits per heavy atom. The largest absolute Gasteiger partial charge is 0.492 e. The van der Waals surface area contributed by atoms with Crippen LogP contribution in [-0.2, 0) is 20.6 Å². The number of ether oxygens (including phenoxy) is 6. The van der Waals surface area contributed by atoms with E-state index in [1.807, 2.05) is 79.0 Å². The first-order valence-corrected chi connectivity index (χ1v) is 21.9. The van der Waals surface area contributed by atoms with Crippen molar-refractivity contribution in [3.8, 4) is 62.8 Å². The van der Waals surface area contributed by atoms with Crippen LogP contribution in [0.5, 0.6) is 34.5 Å². The Kier molecular flexibility index (Phi) is 10.9. The fraction of sp³-hybridized carbons (Fsp3) is 0.275. The molecule has 0 saturated heterocycles. The number of fused-ring (bicyclic) bond motifs is 8. The summed E-state index contributed by atoms with van der Waals surface area (Å²) >= 11 is 3.77. The SMILES string of the molecule is CC(C)(C)COc1ccc2c(c1Br)[C@]1(COC(N)=N1)c1cc(-c3cccnc3)ccc1O2.CC(C)(C)COc1ccc2c(c1C#N)[C@]1(COC(N)=N1)c1cc(-c3cccnc3)ccc1O2. The van der Waals surface area contributed by atoms with Crippen molar-refractivity contribution >= 4 is 28.0 Å². The minimum atomic E-state index is -1.02. The lowest BCUT2D eigenvalue weighted by molar-refractivity contribution is 0.195. The molecule has 4 aliphatic rings. The zero-order valence-corrected chi connectivity index (χ0v) is 38.5. The zero-order valence-electron chi connectivity index (χ0n) is 36.9. The topological polar surface area (TPSA) is 182 Å². The van der Waals surface area contributed by atoms with Gasteiger partial charge in [0, 0.05) is 52.6 Å². The normalized spacial score (nSPS) is 18.7. The highest BCUT2D eigenvalue weighted by atomic mass is 79.9. The maximum Gasteiger partial charge on any atom is 0.283 e. The summed E-state index contributed by atoms with van der Waals surface area (Å²) in [6.07, 6.45) is 7.13. The molecule has 0 fully saturated rings. The number of aromatic nitrogens is 2. The predicted octanol–water partition coefficient (Wildman–Crippen LogP) is 10.4. The maximum atomic E-state index is 10.2. The van der Waals surface area contributed by atoms with Crippen molar-refractivity contribution in [3.63, 3.8) is 0 Å². The minimum absolute atomic E-state index is 0.0216. The summed E-state index contributed by atoms with van der Waals surface area (Å²) in [7, 11) is 0. The molecule has 2 spiro atoms. The van der Waals surface area contributed by atoms with Crippen LogP contribution in [0.3, 0.4) is 0 Å². The van der Waals surface area contributed by atoms with Crippen LogP contribution in [0.4, 0.5) is 0 Å². The van der Waals surface area contributed by atoms with Crippen molar-refractivity contribution in [3.05, 3.63) is 142 Å². The molecule has 0 unspecified atom stereocenters. The lowest BCUT2D eigenvalue weighted by Crippen LogP contribution is -2.32. The first-order chi connectivity index (χ1) is 31.1. The predicted molar refractivity (Wildman–Crippen MR) is 251 cm³/mol. The third kappa shape index (κ3) is 8.16. The van der Waals surface area contributed by atoms with Crippen molar-refractivity contribution in [2.24, 2.45) is 32.3 Å². The van der Waals surface area contributed by atoms with Gasteiger partial charge in [0.05, 0.1) is 23.2 Å². The van der Waals surface area contributed by atoms with Crippen molar-refractivity contribution < 1.29 is 28.4 Å². The van der Waals surface area contributed by atoms with Crippen LogP contribution in [0.15, 0.2) is 124 Å².